The van der Waals surface area contributed by atoms with Crippen LogP contribution in [0.5, 0.6) is 5.75 Å². The highest BCUT2D eigenvalue weighted by atomic mass is 32.1. The van der Waals surface area contributed by atoms with Crippen molar-refractivity contribution in [3.63, 3.8) is 0 Å². The van der Waals surface area contributed by atoms with Crippen molar-refractivity contribution in [1.29, 1.82) is 0 Å². The molecular formula is C24H30N2OS. The minimum atomic E-state index is 0.745. The highest BCUT2D eigenvalue weighted by Gasteiger charge is 2.04. The Kier molecular flexibility index (Phi) is 8.51. The highest BCUT2D eigenvalue weighted by Crippen LogP contribution is 2.25. The lowest BCUT2D eigenvalue weighted by Crippen LogP contribution is -1.97. The quantitative estimate of drug-likeness (QED) is 0.300. The van der Waals surface area contributed by atoms with Crippen molar-refractivity contribution in [2.24, 2.45) is 0 Å². The SMILES string of the molecule is CCCCCCCCCCOc1ccc(-c2ncc(-c3cccs3)cn2)cc1. The number of rotatable bonds is 12. The van der Waals surface area contributed by atoms with Gasteiger partial charge in [-0.2, -0.15) is 0 Å². The molecule has 2 heterocycles. The standard InChI is InChI=1S/C24H30N2OS/c1-2-3-4-5-6-7-8-9-16-27-22-14-12-20(13-15-22)24-25-18-21(19-26-24)23-11-10-17-28-23/h10-15,17-19H,2-9,16H2,1H3. The summed E-state index contributed by atoms with van der Waals surface area (Å²) in [4.78, 5) is 10.2. The molecule has 1 aromatic carbocycles. The van der Waals surface area contributed by atoms with Gasteiger partial charge < -0.3 is 4.74 Å². The maximum Gasteiger partial charge on any atom is 0.159 e. The number of hydrogen-bond acceptors (Lipinski definition) is 4. The lowest BCUT2D eigenvalue weighted by Gasteiger charge is -2.07. The molecule has 0 saturated carbocycles. The lowest BCUT2D eigenvalue weighted by atomic mass is 10.1. The van der Waals surface area contributed by atoms with Crippen LogP contribution < -0.4 is 4.74 Å². The average Bonchev–Trinajstić information content (AvgIpc) is 3.28. The molecule has 0 saturated heterocycles. The van der Waals surface area contributed by atoms with Crippen molar-refractivity contribution in [2.75, 3.05) is 6.61 Å². The Morgan fingerprint density at radius 1 is 0.786 bits per heavy atom. The third kappa shape index (κ3) is 6.45. The van der Waals surface area contributed by atoms with Crippen LogP contribution >= 0.6 is 11.3 Å². The molecule has 0 aliphatic heterocycles. The first-order valence-electron chi connectivity index (χ1n) is 10.5. The zero-order chi connectivity index (χ0) is 19.4. The molecule has 0 atom stereocenters. The Morgan fingerprint density at radius 3 is 2.11 bits per heavy atom. The monoisotopic (exact) mass is 394 g/mol. The Balaban J connectivity index is 1.39. The molecule has 0 amide bonds. The van der Waals surface area contributed by atoms with Gasteiger partial charge in [0.15, 0.2) is 5.82 Å². The molecular weight excluding hydrogens is 364 g/mol. The van der Waals surface area contributed by atoms with Gasteiger partial charge >= 0.3 is 0 Å². The molecule has 0 aliphatic rings. The van der Waals surface area contributed by atoms with Crippen LogP contribution in [0.3, 0.4) is 0 Å². The molecule has 28 heavy (non-hydrogen) atoms. The fourth-order valence-electron chi connectivity index (χ4n) is 3.17. The van der Waals surface area contributed by atoms with E-state index in [0.29, 0.717) is 0 Å². The fourth-order valence-corrected chi connectivity index (χ4v) is 3.88. The molecule has 0 bridgehead atoms. The predicted octanol–water partition coefficient (Wildman–Crippen LogP) is 7.39. The molecule has 0 unspecified atom stereocenters. The second-order valence-corrected chi connectivity index (χ2v) is 8.07. The molecule has 3 aromatic rings. The topological polar surface area (TPSA) is 35.0 Å². The van der Waals surface area contributed by atoms with Gasteiger partial charge in [-0.3, -0.25) is 0 Å². The minimum absolute atomic E-state index is 0.745. The molecule has 2 aromatic heterocycles. The van der Waals surface area contributed by atoms with Crippen LogP contribution in [0, 0.1) is 0 Å². The number of thiophene rings is 1. The van der Waals surface area contributed by atoms with E-state index < -0.39 is 0 Å². The van der Waals surface area contributed by atoms with E-state index in [-0.39, 0.29) is 0 Å². The Bertz CT molecular complexity index is 782. The van der Waals surface area contributed by atoms with E-state index in [0.717, 1.165) is 35.7 Å². The summed E-state index contributed by atoms with van der Waals surface area (Å²) in [6.07, 6.45) is 14.3. The first kappa shape index (κ1) is 20.5. The van der Waals surface area contributed by atoms with Gasteiger partial charge in [-0.05, 0) is 42.1 Å². The molecule has 0 radical (unpaired) electrons. The van der Waals surface area contributed by atoms with Crippen molar-refractivity contribution in [2.45, 2.75) is 58.3 Å². The van der Waals surface area contributed by atoms with Crippen LogP contribution in [-0.4, -0.2) is 16.6 Å². The summed E-state index contributed by atoms with van der Waals surface area (Å²) in [5.74, 6) is 1.66. The highest BCUT2D eigenvalue weighted by molar-refractivity contribution is 7.13. The molecule has 148 valence electrons. The van der Waals surface area contributed by atoms with Crippen molar-refractivity contribution >= 4 is 11.3 Å². The molecule has 0 aliphatic carbocycles. The Hall–Kier alpha value is -2.20. The summed E-state index contributed by atoms with van der Waals surface area (Å²) in [5.41, 5.74) is 2.07. The summed E-state index contributed by atoms with van der Waals surface area (Å²) >= 11 is 1.70. The van der Waals surface area contributed by atoms with Gasteiger partial charge in [-0.15, -0.1) is 11.3 Å². The molecule has 0 fully saturated rings. The number of ether oxygens (including phenoxy) is 1. The molecule has 4 heteroatoms. The van der Waals surface area contributed by atoms with Crippen LogP contribution in [0.25, 0.3) is 21.8 Å². The zero-order valence-corrected chi connectivity index (χ0v) is 17.6. The fraction of sp³-hybridized carbons (Fsp3) is 0.417. The van der Waals surface area contributed by atoms with E-state index in [4.69, 9.17) is 4.74 Å². The lowest BCUT2D eigenvalue weighted by molar-refractivity contribution is 0.304. The zero-order valence-electron chi connectivity index (χ0n) is 16.8. The number of benzene rings is 1. The van der Waals surface area contributed by atoms with Crippen molar-refractivity contribution in [3.05, 3.63) is 54.2 Å². The van der Waals surface area contributed by atoms with E-state index in [1.54, 1.807) is 11.3 Å². The van der Waals surface area contributed by atoms with E-state index >= 15 is 0 Å². The van der Waals surface area contributed by atoms with Gasteiger partial charge in [0.1, 0.15) is 5.75 Å². The van der Waals surface area contributed by atoms with Crippen molar-refractivity contribution in [1.82, 2.24) is 9.97 Å². The van der Waals surface area contributed by atoms with Crippen LogP contribution in [0.2, 0.25) is 0 Å². The van der Waals surface area contributed by atoms with Gasteiger partial charge in [-0.25, -0.2) is 9.97 Å². The van der Waals surface area contributed by atoms with E-state index in [9.17, 15) is 0 Å². The largest absolute Gasteiger partial charge is 0.494 e. The van der Waals surface area contributed by atoms with Gasteiger partial charge in [0.25, 0.3) is 0 Å². The van der Waals surface area contributed by atoms with Crippen LogP contribution in [0.1, 0.15) is 58.3 Å². The molecule has 0 spiro atoms. The Labute approximate surface area is 172 Å². The number of unbranched alkanes of at least 4 members (excludes halogenated alkanes) is 7. The molecule has 0 N–H and O–H groups in total. The third-order valence-electron chi connectivity index (χ3n) is 4.84. The second-order valence-electron chi connectivity index (χ2n) is 7.12. The molecule has 3 rings (SSSR count). The normalized spacial score (nSPS) is 10.9. The van der Waals surface area contributed by atoms with Gasteiger partial charge in [-0.1, -0.05) is 57.9 Å². The smallest absolute Gasteiger partial charge is 0.159 e. The molecule has 3 nitrogen and oxygen atoms in total. The second kappa shape index (κ2) is 11.6. The minimum Gasteiger partial charge on any atom is -0.494 e. The van der Waals surface area contributed by atoms with E-state index in [1.807, 2.05) is 42.7 Å². The van der Waals surface area contributed by atoms with Gasteiger partial charge in [0.2, 0.25) is 0 Å². The van der Waals surface area contributed by atoms with Crippen molar-refractivity contribution in [3.8, 4) is 27.6 Å². The van der Waals surface area contributed by atoms with E-state index in [2.05, 4.69) is 28.3 Å². The number of hydrogen-bond donors (Lipinski definition) is 0. The first-order valence-corrected chi connectivity index (χ1v) is 11.3. The van der Waals surface area contributed by atoms with Crippen LogP contribution in [0.4, 0.5) is 0 Å². The third-order valence-corrected chi connectivity index (χ3v) is 5.76. The maximum absolute atomic E-state index is 5.87. The number of nitrogens with zero attached hydrogens (tertiary/aromatic N) is 2. The van der Waals surface area contributed by atoms with Crippen LogP contribution in [0.15, 0.2) is 54.2 Å². The summed E-state index contributed by atoms with van der Waals surface area (Å²) in [7, 11) is 0. The average molecular weight is 395 g/mol. The maximum atomic E-state index is 5.87. The predicted molar refractivity (Wildman–Crippen MR) is 119 cm³/mol. The summed E-state index contributed by atoms with van der Waals surface area (Å²) < 4.78 is 5.87. The van der Waals surface area contributed by atoms with Gasteiger partial charge in [0, 0.05) is 28.4 Å². The van der Waals surface area contributed by atoms with E-state index in [1.165, 1.54) is 49.8 Å². The summed E-state index contributed by atoms with van der Waals surface area (Å²) in [6.45, 7) is 3.05. The summed E-state index contributed by atoms with van der Waals surface area (Å²) in [6, 6.07) is 12.2. The van der Waals surface area contributed by atoms with Crippen LogP contribution in [-0.2, 0) is 0 Å². The number of aromatic nitrogens is 2. The Morgan fingerprint density at radius 2 is 1.46 bits per heavy atom. The van der Waals surface area contributed by atoms with Gasteiger partial charge in [0.05, 0.1) is 6.61 Å². The van der Waals surface area contributed by atoms with Crippen molar-refractivity contribution < 1.29 is 4.74 Å². The first-order chi connectivity index (χ1) is 13.9. The summed E-state index contributed by atoms with van der Waals surface area (Å²) in [5, 5.41) is 2.07.